The van der Waals surface area contributed by atoms with Gasteiger partial charge in [0.2, 0.25) is 5.78 Å². The van der Waals surface area contributed by atoms with Crippen molar-refractivity contribution in [2.45, 2.75) is 12.0 Å². The Morgan fingerprint density at radius 1 is 1.25 bits per heavy atom. The minimum atomic E-state index is -1.57. The van der Waals surface area contributed by atoms with Gasteiger partial charge in [-0.15, -0.1) is 0 Å². The zero-order valence-electron chi connectivity index (χ0n) is 10.6. The first kappa shape index (κ1) is 11.4. The Morgan fingerprint density at radius 3 is 2.85 bits per heavy atom. The highest BCUT2D eigenvalue weighted by molar-refractivity contribution is 6.27. The van der Waals surface area contributed by atoms with Gasteiger partial charge in [-0.1, -0.05) is 18.2 Å². The first-order valence-electron chi connectivity index (χ1n) is 6.46. The van der Waals surface area contributed by atoms with Crippen LogP contribution >= 0.6 is 0 Å². The third kappa shape index (κ3) is 1.35. The van der Waals surface area contributed by atoms with Crippen LogP contribution in [0, 0.1) is 0 Å². The second-order valence-electron chi connectivity index (χ2n) is 5.00. The number of aliphatic imine (C=N–C) groups is 1. The van der Waals surface area contributed by atoms with E-state index in [1.165, 1.54) is 6.26 Å². The number of amidine groups is 1. The van der Waals surface area contributed by atoms with Gasteiger partial charge in [-0.25, -0.2) is 4.99 Å². The molecule has 1 unspecified atom stereocenters. The van der Waals surface area contributed by atoms with E-state index >= 15 is 0 Å². The minimum absolute atomic E-state index is 0.145. The molecule has 1 saturated heterocycles. The van der Waals surface area contributed by atoms with Crippen molar-refractivity contribution in [3.8, 4) is 0 Å². The Hall–Kier alpha value is -2.40. The maximum atomic E-state index is 12.4. The number of para-hydroxylation sites is 1. The molecule has 1 N–H and O–H groups in total. The average molecular weight is 268 g/mol. The summed E-state index contributed by atoms with van der Waals surface area (Å²) in [7, 11) is 0. The van der Waals surface area contributed by atoms with E-state index in [2.05, 4.69) is 4.99 Å². The van der Waals surface area contributed by atoms with Crippen LogP contribution in [0.3, 0.4) is 0 Å². The van der Waals surface area contributed by atoms with E-state index in [-0.39, 0.29) is 5.76 Å². The molecule has 2 aliphatic rings. The normalized spacial score (nSPS) is 24.4. The first-order chi connectivity index (χ1) is 9.70. The summed E-state index contributed by atoms with van der Waals surface area (Å²) < 4.78 is 5.15. The zero-order valence-corrected chi connectivity index (χ0v) is 10.6. The van der Waals surface area contributed by atoms with Gasteiger partial charge in [-0.3, -0.25) is 4.79 Å². The van der Waals surface area contributed by atoms with E-state index < -0.39 is 11.4 Å². The average Bonchev–Trinajstić information content (AvgIpc) is 3.06. The van der Waals surface area contributed by atoms with Crippen molar-refractivity contribution in [1.29, 1.82) is 0 Å². The molecule has 2 aromatic rings. The topological polar surface area (TPSA) is 66.0 Å². The second-order valence-corrected chi connectivity index (χ2v) is 5.00. The number of carbonyl (C=O) groups is 1. The maximum absolute atomic E-state index is 12.4. The second kappa shape index (κ2) is 3.80. The Morgan fingerprint density at radius 2 is 2.05 bits per heavy atom. The van der Waals surface area contributed by atoms with Crippen LogP contribution in [0.1, 0.15) is 17.0 Å². The molecule has 1 aromatic carbocycles. The summed E-state index contributed by atoms with van der Waals surface area (Å²) in [5.74, 6) is 0.134. The van der Waals surface area contributed by atoms with Gasteiger partial charge in [-0.05, 0) is 12.1 Å². The number of ketones is 1. The van der Waals surface area contributed by atoms with Crippen molar-refractivity contribution in [2.24, 2.45) is 4.99 Å². The van der Waals surface area contributed by atoms with Crippen molar-refractivity contribution < 1.29 is 14.3 Å². The molecule has 1 aromatic heterocycles. The molecule has 0 saturated carbocycles. The molecule has 0 radical (unpaired) electrons. The third-order valence-electron chi connectivity index (χ3n) is 3.84. The quantitative estimate of drug-likeness (QED) is 0.860. The molecule has 0 spiro atoms. The highest BCUT2D eigenvalue weighted by Crippen LogP contribution is 2.39. The fourth-order valence-corrected chi connectivity index (χ4v) is 2.80. The van der Waals surface area contributed by atoms with Crippen LogP contribution in [0.4, 0.5) is 11.4 Å². The standard InChI is InChI=1S/C15H12N2O3/c18-13-12-11(6-9-20-12)16-14-15(13,19)7-8-17(14)10-4-2-1-3-5-10/h1-6,9,19H,7-8H2. The molecule has 1 fully saturated rings. The lowest BCUT2D eigenvalue weighted by Gasteiger charge is -2.27. The predicted octanol–water partition coefficient (Wildman–Crippen LogP) is 2.15. The molecule has 5 heteroatoms. The van der Waals surface area contributed by atoms with Gasteiger partial charge in [0.15, 0.2) is 11.4 Å². The Bertz CT molecular complexity index is 720. The summed E-state index contributed by atoms with van der Waals surface area (Å²) in [6, 6.07) is 11.3. The number of fused-ring (bicyclic) bond motifs is 2. The van der Waals surface area contributed by atoms with Crippen molar-refractivity contribution in [2.75, 3.05) is 11.4 Å². The van der Waals surface area contributed by atoms with Crippen molar-refractivity contribution in [3.05, 3.63) is 48.4 Å². The number of nitrogens with zero attached hydrogens (tertiary/aromatic N) is 2. The van der Waals surface area contributed by atoms with Crippen LogP contribution in [0.25, 0.3) is 0 Å². The number of carbonyl (C=O) groups excluding carboxylic acids is 1. The number of benzene rings is 1. The maximum Gasteiger partial charge on any atom is 0.239 e. The first-order valence-corrected chi connectivity index (χ1v) is 6.46. The predicted molar refractivity (Wildman–Crippen MR) is 73.5 cm³/mol. The lowest BCUT2D eigenvalue weighted by molar-refractivity contribution is 0.0572. The number of aliphatic hydroxyl groups is 1. The molecule has 0 bridgehead atoms. The number of hydrogen-bond donors (Lipinski definition) is 1. The van der Waals surface area contributed by atoms with E-state index in [1.54, 1.807) is 6.07 Å². The number of Topliss-reactive ketones (excluding diaryl/α,β-unsaturated/α-hetero) is 1. The molecule has 1 atom stereocenters. The van der Waals surface area contributed by atoms with E-state index in [0.717, 1.165) is 5.69 Å². The van der Waals surface area contributed by atoms with Crippen LogP contribution in [0.5, 0.6) is 0 Å². The summed E-state index contributed by atoms with van der Waals surface area (Å²) >= 11 is 0. The number of furan rings is 1. The summed E-state index contributed by atoms with van der Waals surface area (Å²) in [6.45, 7) is 0.551. The largest absolute Gasteiger partial charge is 0.459 e. The molecule has 4 rings (SSSR count). The number of anilines is 1. The summed E-state index contributed by atoms with van der Waals surface area (Å²) in [4.78, 5) is 18.7. The fraction of sp³-hybridized carbons (Fsp3) is 0.200. The molecular weight excluding hydrogens is 256 g/mol. The molecule has 20 heavy (non-hydrogen) atoms. The molecule has 0 amide bonds. The third-order valence-corrected chi connectivity index (χ3v) is 3.84. The lowest BCUT2D eigenvalue weighted by atomic mass is 9.91. The van der Waals surface area contributed by atoms with Crippen LogP contribution in [-0.4, -0.2) is 28.9 Å². The SMILES string of the molecule is O=C1c2occc2N=C2N(c3ccccc3)CCC12O. The zero-order chi connectivity index (χ0) is 13.7. The highest BCUT2D eigenvalue weighted by atomic mass is 16.4. The molecule has 2 aliphatic heterocycles. The van der Waals surface area contributed by atoms with Gasteiger partial charge in [0, 0.05) is 24.7 Å². The molecular formula is C15H12N2O3. The Balaban J connectivity index is 1.87. The van der Waals surface area contributed by atoms with Crippen molar-refractivity contribution in [3.63, 3.8) is 0 Å². The van der Waals surface area contributed by atoms with Gasteiger partial charge in [-0.2, -0.15) is 0 Å². The van der Waals surface area contributed by atoms with Gasteiger partial charge < -0.3 is 14.4 Å². The Labute approximate surface area is 115 Å². The number of rotatable bonds is 1. The van der Waals surface area contributed by atoms with Gasteiger partial charge in [0.05, 0.1) is 6.26 Å². The van der Waals surface area contributed by atoms with E-state index in [0.29, 0.717) is 24.5 Å². The van der Waals surface area contributed by atoms with E-state index in [1.807, 2.05) is 35.2 Å². The lowest BCUT2D eigenvalue weighted by Crippen LogP contribution is -2.48. The molecule has 3 heterocycles. The summed E-state index contributed by atoms with van der Waals surface area (Å²) in [6.07, 6.45) is 1.74. The number of hydrogen-bond acceptors (Lipinski definition) is 5. The van der Waals surface area contributed by atoms with E-state index in [4.69, 9.17) is 4.42 Å². The summed E-state index contributed by atoms with van der Waals surface area (Å²) in [5.41, 5.74) is -0.167. The minimum Gasteiger partial charge on any atom is -0.459 e. The molecule has 5 nitrogen and oxygen atoms in total. The Kier molecular flexibility index (Phi) is 2.17. The summed E-state index contributed by atoms with van der Waals surface area (Å²) in [5, 5.41) is 10.7. The van der Waals surface area contributed by atoms with Crippen LogP contribution in [0.15, 0.2) is 52.1 Å². The van der Waals surface area contributed by atoms with Gasteiger partial charge in [0.25, 0.3) is 0 Å². The van der Waals surface area contributed by atoms with Crippen LogP contribution in [0.2, 0.25) is 0 Å². The van der Waals surface area contributed by atoms with Gasteiger partial charge >= 0.3 is 0 Å². The smallest absolute Gasteiger partial charge is 0.239 e. The van der Waals surface area contributed by atoms with Crippen molar-refractivity contribution in [1.82, 2.24) is 0 Å². The highest BCUT2D eigenvalue weighted by Gasteiger charge is 2.53. The van der Waals surface area contributed by atoms with Crippen LogP contribution < -0.4 is 4.90 Å². The molecule has 100 valence electrons. The van der Waals surface area contributed by atoms with Gasteiger partial charge in [0.1, 0.15) is 11.5 Å². The van der Waals surface area contributed by atoms with Crippen molar-refractivity contribution >= 4 is 23.0 Å². The van der Waals surface area contributed by atoms with E-state index in [9.17, 15) is 9.90 Å². The monoisotopic (exact) mass is 268 g/mol. The molecule has 0 aliphatic carbocycles. The van der Waals surface area contributed by atoms with Crippen LogP contribution in [-0.2, 0) is 0 Å². The fourth-order valence-electron chi connectivity index (χ4n) is 2.80.